The number of ether oxygens (including phenoxy) is 3. The second kappa shape index (κ2) is 3.18. The molecule has 0 aromatic heterocycles. The van der Waals surface area contributed by atoms with Crippen molar-refractivity contribution >= 4 is 5.96 Å². The number of nitrogens with one attached hydrogen (secondary N) is 1. The maximum Gasteiger partial charge on any atom is 0.311 e. The zero-order chi connectivity index (χ0) is 14.8. The highest BCUT2D eigenvalue weighted by molar-refractivity contribution is 5.80. The van der Waals surface area contributed by atoms with E-state index in [0.717, 1.165) is 0 Å². The molecule has 1 spiro atoms. The molecule has 10 nitrogen and oxygen atoms in total. The highest BCUT2D eigenvalue weighted by Gasteiger charge is 2.86. The van der Waals surface area contributed by atoms with Gasteiger partial charge in [0.05, 0.1) is 12.5 Å². The number of aliphatic imine (C=N–C) groups is 1. The lowest BCUT2D eigenvalue weighted by Crippen LogP contribution is -2.92. The van der Waals surface area contributed by atoms with Crippen LogP contribution in [0.15, 0.2) is 4.99 Å². The minimum absolute atomic E-state index is 0.0795. The van der Waals surface area contributed by atoms with Crippen LogP contribution in [0.2, 0.25) is 0 Å². The Morgan fingerprint density at radius 2 is 2.00 bits per heavy atom. The van der Waals surface area contributed by atoms with Gasteiger partial charge in [0.15, 0.2) is 18.3 Å². The van der Waals surface area contributed by atoms with Gasteiger partial charge in [0.25, 0.3) is 0 Å². The first kappa shape index (κ1) is 12.5. The van der Waals surface area contributed by atoms with Crippen molar-refractivity contribution in [1.29, 1.82) is 0 Å². The molecular weight excluding hydrogens is 286 g/mol. The summed E-state index contributed by atoms with van der Waals surface area (Å²) >= 11 is 0. The Labute approximate surface area is 118 Å². The van der Waals surface area contributed by atoms with Gasteiger partial charge < -0.3 is 45.7 Å². The zero-order valence-electron chi connectivity index (χ0n) is 10.7. The minimum Gasteiger partial charge on any atom is -0.393 e. The molecule has 116 valence electrons. The van der Waals surface area contributed by atoms with Crippen molar-refractivity contribution in [3.63, 3.8) is 0 Å². The number of hydrogen-bond donors (Lipinski definition) is 6. The van der Waals surface area contributed by atoms with E-state index < -0.39 is 60.3 Å². The molecule has 0 unspecified atom stereocenters. The van der Waals surface area contributed by atoms with E-state index in [0.29, 0.717) is 0 Å². The molecule has 9 atom stereocenters. The number of rotatable bonds is 1. The zero-order valence-corrected chi connectivity index (χ0v) is 10.7. The molecule has 1 aliphatic carbocycles. The largest absolute Gasteiger partial charge is 0.393 e. The highest BCUT2D eigenvalue weighted by atomic mass is 16.9. The maximum atomic E-state index is 10.7. The van der Waals surface area contributed by atoms with E-state index in [9.17, 15) is 20.4 Å². The highest BCUT2D eigenvalue weighted by Crippen LogP contribution is 2.63. The molecule has 0 aromatic rings. The second-order valence-electron chi connectivity index (χ2n) is 6.31. The number of guanidine groups is 1. The van der Waals surface area contributed by atoms with Gasteiger partial charge in [0.2, 0.25) is 0 Å². The van der Waals surface area contributed by atoms with Crippen LogP contribution in [0.1, 0.15) is 0 Å². The molecule has 5 heterocycles. The molecule has 7 N–H and O–H groups in total. The van der Waals surface area contributed by atoms with Crippen LogP contribution in [0, 0.1) is 5.92 Å². The van der Waals surface area contributed by atoms with Crippen LogP contribution in [0.25, 0.3) is 0 Å². The predicted molar refractivity (Wildman–Crippen MR) is 62.4 cm³/mol. The third-order valence-corrected chi connectivity index (χ3v) is 5.44. The normalized spacial score (nSPS) is 66.2. The average Bonchev–Trinajstić information content (AvgIpc) is 2.59. The van der Waals surface area contributed by atoms with Crippen molar-refractivity contribution < 1.29 is 34.6 Å². The summed E-state index contributed by atoms with van der Waals surface area (Å²) in [7, 11) is 0. The summed E-state index contributed by atoms with van der Waals surface area (Å²) in [4.78, 5) is 4.09. The molecule has 0 aromatic carbocycles. The van der Waals surface area contributed by atoms with E-state index in [4.69, 9.17) is 19.9 Å². The van der Waals surface area contributed by atoms with E-state index >= 15 is 0 Å². The van der Waals surface area contributed by atoms with Crippen LogP contribution in [0.5, 0.6) is 0 Å². The van der Waals surface area contributed by atoms with Crippen LogP contribution in [-0.2, 0) is 14.2 Å². The van der Waals surface area contributed by atoms with Crippen LogP contribution in [0.4, 0.5) is 0 Å². The standard InChI is InChI=1S/C11H15N3O7/c12-8-13-6-2-4-9(17,1-15)5-3(16)10(2,14-8)7(19-6)11(18,20-4)21-5/h2-7,15-18H,1H2,(H3,12,13,14)/t2-,3-,4-,5+,6-,7+,9-,10-,11+/m1/s1. The molecule has 6 aliphatic rings. The van der Waals surface area contributed by atoms with Gasteiger partial charge in [-0.25, -0.2) is 4.99 Å². The van der Waals surface area contributed by atoms with Crippen LogP contribution in [0.3, 0.4) is 0 Å². The fourth-order valence-electron chi connectivity index (χ4n) is 4.65. The Bertz CT molecular complexity index is 574. The van der Waals surface area contributed by atoms with E-state index in [1.807, 2.05) is 0 Å². The second-order valence-corrected chi connectivity index (χ2v) is 6.31. The van der Waals surface area contributed by atoms with Gasteiger partial charge in [-0.2, -0.15) is 0 Å². The maximum absolute atomic E-state index is 10.7. The van der Waals surface area contributed by atoms with Gasteiger partial charge >= 0.3 is 5.97 Å². The average molecular weight is 301 g/mol. The van der Waals surface area contributed by atoms with Crippen molar-refractivity contribution in [2.45, 2.75) is 47.8 Å². The Kier molecular flexibility index (Phi) is 1.89. The fourth-order valence-corrected chi connectivity index (χ4v) is 4.65. The van der Waals surface area contributed by atoms with E-state index in [2.05, 4.69) is 10.3 Å². The van der Waals surface area contributed by atoms with E-state index in [1.165, 1.54) is 0 Å². The van der Waals surface area contributed by atoms with Crippen molar-refractivity contribution in [3.8, 4) is 0 Å². The van der Waals surface area contributed by atoms with Crippen LogP contribution in [-0.4, -0.2) is 80.7 Å². The quantitative estimate of drug-likeness (QED) is 0.281. The number of aliphatic hydroxyl groups is 4. The summed E-state index contributed by atoms with van der Waals surface area (Å²) in [5, 5.41) is 44.4. The molecule has 0 amide bonds. The molecule has 0 radical (unpaired) electrons. The Balaban J connectivity index is 1.77. The first-order valence-electron chi connectivity index (χ1n) is 6.73. The third kappa shape index (κ3) is 1.03. The molecule has 10 heteroatoms. The Morgan fingerprint density at radius 3 is 2.71 bits per heavy atom. The Morgan fingerprint density at radius 1 is 1.29 bits per heavy atom. The fraction of sp³-hybridized carbons (Fsp3) is 0.909. The molecule has 1 saturated carbocycles. The minimum atomic E-state index is -2.13. The van der Waals surface area contributed by atoms with Crippen molar-refractivity contribution in [1.82, 2.24) is 5.32 Å². The topological polar surface area (TPSA) is 159 Å². The van der Waals surface area contributed by atoms with Crippen LogP contribution >= 0.6 is 0 Å². The predicted octanol–water partition coefficient (Wildman–Crippen LogP) is -4.47. The SMILES string of the molecule is NC1=N[C@@H]2O[C@@H]3[C@]4(O)O[C@@H]5[C@H]2[C@@]3(N1)[C@H](O)[C@H](O4)[C@@]5(O)CO. The molecule has 7 bridgehead atoms. The first-order valence-corrected chi connectivity index (χ1v) is 6.73. The molecular formula is C11H15N3O7. The third-order valence-electron chi connectivity index (χ3n) is 5.44. The van der Waals surface area contributed by atoms with Gasteiger partial charge in [-0.1, -0.05) is 0 Å². The van der Waals surface area contributed by atoms with Crippen LogP contribution < -0.4 is 11.1 Å². The number of nitrogens with zero attached hydrogens (tertiary/aromatic N) is 1. The van der Waals surface area contributed by atoms with Gasteiger partial charge in [-0.3, -0.25) is 0 Å². The van der Waals surface area contributed by atoms with E-state index in [-0.39, 0.29) is 5.96 Å². The number of hydrogen-bond acceptors (Lipinski definition) is 10. The smallest absolute Gasteiger partial charge is 0.311 e. The Hall–Kier alpha value is -1.01. The van der Waals surface area contributed by atoms with Gasteiger partial charge in [-0.15, -0.1) is 0 Å². The van der Waals surface area contributed by atoms with Gasteiger partial charge in [0, 0.05) is 0 Å². The van der Waals surface area contributed by atoms with Crippen molar-refractivity contribution in [2.75, 3.05) is 6.61 Å². The summed E-state index contributed by atoms with van der Waals surface area (Å²) in [5.74, 6) is -2.66. The lowest BCUT2D eigenvalue weighted by atomic mass is 9.56. The van der Waals surface area contributed by atoms with Gasteiger partial charge in [0.1, 0.15) is 29.5 Å². The van der Waals surface area contributed by atoms with Crippen molar-refractivity contribution in [2.24, 2.45) is 16.6 Å². The summed E-state index contributed by atoms with van der Waals surface area (Å²) in [6.07, 6.45) is -5.35. The molecule has 6 rings (SSSR count). The number of nitrogens with two attached hydrogens (primary N) is 1. The molecule has 4 saturated heterocycles. The number of aliphatic hydroxyl groups excluding tert-OH is 2. The van der Waals surface area contributed by atoms with E-state index in [1.54, 1.807) is 0 Å². The summed E-state index contributed by atoms with van der Waals surface area (Å²) in [6, 6.07) is 0. The van der Waals surface area contributed by atoms with Gasteiger partial charge in [-0.05, 0) is 0 Å². The monoisotopic (exact) mass is 301 g/mol. The first-order chi connectivity index (χ1) is 9.87. The molecule has 5 aliphatic heterocycles. The summed E-state index contributed by atoms with van der Waals surface area (Å²) < 4.78 is 16.4. The summed E-state index contributed by atoms with van der Waals surface area (Å²) in [5.41, 5.74) is 2.70. The summed E-state index contributed by atoms with van der Waals surface area (Å²) in [6.45, 7) is -0.696. The lowest BCUT2D eigenvalue weighted by molar-refractivity contribution is -0.529. The molecule has 21 heavy (non-hydrogen) atoms. The molecule has 5 fully saturated rings. The lowest BCUT2D eigenvalue weighted by Gasteiger charge is -2.68. The van der Waals surface area contributed by atoms with Crippen molar-refractivity contribution in [3.05, 3.63) is 0 Å².